The number of unbranched alkanes of at least 4 members (excludes halogenated alkanes) is 5. The molecule has 2 amide bonds. The number of ether oxygens (including phenoxy) is 1. The van der Waals surface area contributed by atoms with Crippen molar-refractivity contribution in [2.75, 3.05) is 26.8 Å². The third kappa shape index (κ3) is 13.0. The van der Waals surface area contributed by atoms with Gasteiger partial charge >= 0.3 is 6.03 Å². The van der Waals surface area contributed by atoms with Gasteiger partial charge < -0.3 is 15.4 Å². The fourth-order valence-corrected chi connectivity index (χ4v) is 1.54. The van der Waals surface area contributed by atoms with Crippen LogP contribution in [-0.2, 0) is 9.53 Å². The van der Waals surface area contributed by atoms with Crippen LogP contribution in [0, 0.1) is 0 Å². The van der Waals surface area contributed by atoms with Gasteiger partial charge in [0.15, 0.2) is 5.78 Å². The number of rotatable bonds is 11. The monoisotopic (exact) mass is 258 g/mol. The lowest BCUT2D eigenvalue weighted by molar-refractivity contribution is -0.121. The molecule has 0 aromatic carbocycles. The van der Waals surface area contributed by atoms with Gasteiger partial charge in [-0.1, -0.05) is 25.7 Å². The van der Waals surface area contributed by atoms with Crippen LogP contribution in [0.5, 0.6) is 0 Å². The number of carbonyl (C=O) groups excluding carboxylic acids is 2. The lowest BCUT2D eigenvalue weighted by Gasteiger charge is -2.04. The summed E-state index contributed by atoms with van der Waals surface area (Å²) in [6, 6.07) is -0.113. The number of nitrogens with one attached hydrogen (secondary N) is 2. The third-order valence-electron chi connectivity index (χ3n) is 2.53. The lowest BCUT2D eigenvalue weighted by Crippen LogP contribution is -2.33. The maximum atomic E-state index is 10.8. The van der Waals surface area contributed by atoms with Crippen molar-refractivity contribution in [1.29, 1.82) is 0 Å². The fourth-order valence-electron chi connectivity index (χ4n) is 1.54. The van der Waals surface area contributed by atoms with Crippen molar-refractivity contribution in [2.24, 2.45) is 0 Å². The van der Waals surface area contributed by atoms with Crippen LogP contribution in [0.1, 0.15) is 45.4 Å². The SMILES string of the molecule is CNC(=O)NCCCCCCCCOCC(C)=O. The summed E-state index contributed by atoms with van der Waals surface area (Å²) in [5.74, 6) is 0.0821. The van der Waals surface area contributed by atoms with Gasteiger partial charge in [0.05, 0.1) is 0 Å². The van der Waals surface area contributed by atoms with Crippen molar-refractivity contribution >= 4 is 11.8 Å². The van der Waals surface area contributed by atoms with Crippen LogP contribution >= 0.6 is 0 Å². The molecule has 0 aliphatic carbocycles. The molecule has 0 unspecified atom stereocenters. The number of urea groups is 1. The van der Waals surface area contributed by atoms with E-state index in [0.29, 0.717) is 6.61 Å². The van der Waals surface area contributed by atoms with Crippen molar-refractivity contribution < 1.29 is 14.3 Å². The van der Waals surface area contributed by atoms with Crippen molar-refractivity contribution in [2.45, 2.75) is 45.4 Å². The number of carbonyl (C=O) groups is 2. The molecule has 106 valence electrons. The Morgan fingerprint density at radius 1 is 1.00 bits per heavy atom. The van der Waals surface area contributed by atoms with Crippen molar-refractivity contribution in [3.63, 3.8) is 0 Å². The number of hydrogen-bond donors (Lipinski definition) is 2. The zero-order valence-corrected chi connectivity index (χ0v) is 11.6. The van der Waals surface area contributed by atoms with E-state index in [0.717, 1.165) is 32.2 Å². The van der Waals surface area contributed by atoms with E-state index in [-0.39, 0.29) is 18.4 Å². The molecule has 0 rings (SSSR count). The smallest absolute Gasteiger partial charge is 0.314 e. The highest BCUT2D eigenvalue weighted by atomic mass is 16.5. The summed E-state index contributed by atoms with van der Waals surface area (Å²) >= 11 is 0. The first-order valence-electron chi connectivity index (χ1n) is 6.69. The minimum absolute atomic E-state index is 0.0821. The summed E-state index contributed by atoms with van der Waals surface area (Å²) in [7, 11) is 1.61. The Hall–Kier alpha value is -1.10. The molecule has 0 radical (unpaired) electrons. The van der Waals surface area contributed by atoms with Crippen molar-refractivity contribution in [3.8, 4) is 0 Å². The first-order chi connectivity index (χ1) is 8.66. The van der Waals surface area contributed by atoms with Crippen LogP contribution in [0.15, 0.2) is 0 Å². The highest BCUT2D eigenvalue weighted by molar-refractivity contribution is 5.76. The molecule has 0 aliphatic rings. The average molecular weight is 258 g/mol. The van der Waals surface area contributed by atoms with Crippen LogP contribution in [0.4, 0.5) is 4.79 Å². The first-order valence-corrected chi connectivity index (χ1v) is 6.69. The van der Waals surface area contributed by atoms with Gasteiger partial charge in [0, 0.05) is 20.2 Å². The number of Topliss-reactive ketones (excluding diaryl/α,β-unsaturated/α-hetero) is 1. The van der Waals surface area contributed by atoms with Gasteiger partial charge in [-0.3, -0.25) is 4.79 Å². The van der Waals surface area contributed by atoms with E-state index in [4.69, 9.17) is 4.74 Å². The average Bonchev–Trinajstić information content (AvgIpc) is 2.35. The highest BCUT2D eigenvalue weighted by Crippen LogP contribution is 2.05. The quantitative estimate of drug-likeness (QED) is 0.556. The van der Waals surface area contributed by atoms with E-state index in [9.17, 15) is 9.59 Å². The zero-order chi connectivity index (χ0) is 13.6. The van der Waals surface area contributed by atoms with Gasteiger partial charge in [-0.05, 0) is 19.8 Å². The summed E-state index contributed by atoms with van der Waals surface area (Å²) in [6.07, 6.45) is 6.68. The van der Waals surface area contributed by atoms with Crippen LogP contribution < -0.4 is 10.6 Å². The third-order valence-corrected chi connectivity index (χ3v) is 2.53. The molecular formula is C13H26N2O3. The molecule has 0 spiro atoms. The Morgan fingerprint density at radius 3 is 2.22 bits per heavy atom. The molecule has 2 N–H and O–H groups in total. The molecule has 5 heteroatoms. The van der Waals surface area contributed by atoms with Gasteiger partial charge in [0.1, 0.15) is 6.61 Å². The molecular weight excluding hydrogens is 232 g/mol. The van der Waals surface area contributed by atoms with E-state index in [2.05, 4.69) is 10.6 Å². The highest BCUT2D eigenvalue weighted by Gasteiger charge is 1.96. The summed E-state index contributed by atoms with van der Waals surface area (Å²) in [5, 5.41) is 5.28. The molecule has 0 heterocycles. The molecule has 0 fully saturated rings. The Bertz CT molecular complexity index is 232. The Labute approximate surface area is 110 Å². The molecule has 0 bridgehead atoms. The number of amides is 2. The molecule has 0 atom stereocenters. The minimum atomic E-state index is -0.113. The van der Waals surface area contributed by atoms with Gasteiger partial charge in [-0.2, -0.15) is 0 Å². The van der Waals surface area contributed by atoms with Crippen LogP contribution in [0.2, 0.25) is 0 Å². The van der Waals surface area contributed by atoms with E-state index in [1.54, 1.807) is 7.05 Å². The van der Waals surface area contributed by atoms with Crippen molar-refractivity contribution in [1.82, 2.24) is 10.6 Å². The molecule has 18 heavy (non-hydrogen) atoms. The Balaban J connectivity index is 3.03. The maximum absolute atomic E-state index is 10.8. The van der Waals surface area contributed by atoms with E-state index in [1.807, 2.05) is 0 Å². The number of hydrogen-bond acceptors (Lipinski definition) is 3. The zero-order valence-electron chi connectivity index (χ0n) is 11.6. The Morgan fingerprint density at radius 2 is 1.61 bits per heavy atom. The minimum Gasteiger partial charge on any atom is -0.374 e. The lowest BCUT2D eigenvalue weighted by atomic mass is 10.1. The predicted molar refractivity (Wildman–Crippen MR) is 71.7 cm³/mol. The summed E-state index contributed by atoms with van der Waals surface area (Å²) in [6.45, 7) is 3.19. The van der Waals surface area contributed by atoms with E-state index < -0.39 is 0 Å². The molecule has 5 nitrogen and oxygen atoms in total. The second-order valence-corrected chi connectivity index (χ2v) is 4.38. The van der Waals surface area contributed by atoms with Crippen LogP contribution in [0.25, 0.3) is 0 Å². The molecule has 0 saturated carbocycles. The van der Waals surface area contributed by atoms with Gasteiger partial charge in [0.2, 0.25) is 0 Å². The normalized spacial score (nSPS) is 10.1. The summed E-state index contributed by atoms with van der Waals surface area (Å²) < 4.78 is 5.17. The molecule has 0 aromatic heterocycles. The maximum Gasteiger partial charge on any atom is 0.314 e. The van der Waals surface area contributed by atoms with Crippen LogP contribution in [-0.4, -0.2) is 38.6 Å². The second-order valence-electron chi connectivity index (χ2n) is 4.38. The molecule has 0 saturated heterocycles. The van der Waals surface area contributed by atoms with Crippen LogP contribution in [0.3, 0.4) is 0 Å². The largest absolute Gasteiger partial charge is 0.374 e. The van der Waals surface area contributed by atoms with Gasteiger partial charge in [-0.15, -0.1) is 0 Å². The molecule has 0 aromatic rings. The summed E-state index contributed by atoms with van der Waals surface area (Å²) in [4.78, 5) is 21.4. The van der Waals surface area contributed by atoms with Gasteiger partial charge in [-0.25, -0.2) is 4.79 Å². The van der Waals surface area contributed by atoms with E-state index >= 15 is 0 Å². The summed E-state index contributed by atoms with van der Waals surface area (Å²) in [5.41, 5.74) is 0. The predicted octanol–water partition coefficient (Wildman–Crippen LogP) is 1.86. The topological polar surface area (TPSA) is 67.4 Å². The first kappa shape index (κ1) is 16.9. The van der Waals surface area contributed by atoms with E-state index in [1.165, 1.54) is 19.8 Å². The van der Waals surface area contributed by atoms with Gasteiger partial charge in [0.25, 0.3) is 0 Å². The molecule has 0 aliphatic heterocycles. The number of ketones is 1. The second kappa shape index (κ2) is 12.4. The fraction of sp³-hybridized carbons (Fsp3) is 0.846. The van der Waals surface area contributed by atoms with Crippen molar-refractivity contribution in [3.05, 3.63) is 0 Å². The Kier molecular flexibility index (Phi) is 11.6. The standard InChI is InChI=1S/C13H26N2O3/c1-12(16)11-18-10-8-6-4-3-5-7-9-15-13(17)14-2/h3-11H2,1-2H3,(H2,14,15,17).